The first kappa shape index (κ1) is 55.2. The number of thiophene rings is 1. The van der Waals surface area contributed by atoms with Gasteiger partial charge in [-0.25, -0.2) is 4.98 Å². The Bertz CT molecular complexity index is 3610. The normalized spacial score (nSPS) is 21.3. The van der Waals surface area contributed by atoms with Gasteiger partial charge in [-0.3, -0.25) is 33.5 Å². The number of benzene rings is 3. The highest BCUT2D eigenvalue weighted by molar-refractivity contribution is 7.15. The molecule has 1 saturated carbocycles. The van der Waals surface area contributed by atoms with Crippen LogP contribution >= 0.6 is 22.7 Å². The van der Waals surface area contributed by atoms with E-state index in [9.17, 15) is 34.2 Å². The highest BCUT2D eigenvalue weighted by atomic mass is 32.1. The number of nitrogens with zero attached hydrogens (tertiary/aromatic N) is 7. The van der Waals surface area contributed by atoms with E-state index in [4.69, 9.17) is 14.1 Å². The van der Waals surface area contributed by atoms with E-state index in [0.717, 1.165) is 66.2 Å². The molecule has 4 aliphatic rings. The number of anilines is 1. The number of carbonyl (C=O) groups excluding carboxylic acids is 4. The van der Waals surface area contributed by atoms with E-state index in [1.54, 1.807) is 46.9 Å². The number of aliphatic hydroxyl groups is 1. The Hall–Kier alpha value is -7.75. The summed E-state index contributed by atoms with van der Waals surface area (Å²) in [4.78, 5) is 83.0. The minimum Gasteiger partial charge on any atom is -0.490 e. The molecule has 5 N–H and O–H groups in total. The number of aromatic nitrogens is 4. The molecule has 11 rings (SSSR count). The molecule has 2 saturated heterocycles. The van der Waals surface area contributed by atoms with E-state index in [2.05, 4.69) is 49.9 Å². The van der Waals surface area contributed by atoms with E-state index < -0.39 is 53.3 Å². The van der Waals surface area contributed by atoms with Crippen LogP contribution in [0.15, 0.2) is 87.7 Å². The number of nitrogens with one attached hydrogen (secondary N) is 3. The van der Waals surface area contributed by atoms with Crippen LogP contribution in [0, 0.1) is 39.0 Å². The second kappa shape index (κ2) is 22.0. The maximum Gasteiger partial charge on any atom is 0.306 e. The molecule has 81 heavy (non-hydrogen) atoms. The average Bonchev–Trinajstić information content (AvgIpc) is 4.36. The number of aliphatic carboxylic acids is 1. The fraction of sp³-hybridized carbons (Fsp3) is 0.417. The first-order valence-corrected chi connectivity index (χ1v) is 29.2. The Morgan fingerprint density at radius 3 is 2.33 bits per heavy atom. The number of fused-ring (bicyclic) bond motifs is 4. The molecule has 422 valence electrons. The highest BCUT2D eigenvalue weighted by Gasteiger charge is 2.45. The number of amides is 4. The minimum atomic E-state index is -1.06. The number of β-amino-alcohol motifs (C(OH)–C–C–N with tert-alkyl or cyclic N) is 1. The van der Waals surface area contributed by atoms with Crippen molar-refractivity contribution >= 4 is 74.6 Å². The van der Waals surface area contributed by atoms with Crippen molar-refractivity contribution < 1.29 is 43.3 Å². The first-order chi connectivity index (χ1) is 38.7. The third-order valence-corrected chi connectivity index (χ3v) is 18.3. The van der Waals surface area contributed by atoms with Gasteiger partial charge in [-0.15, -0.1) is 32.9 Å². The lowest BCUT2D eigenvalue weighted by molar-refractivity contribution is -0.142. The average molecular weight is 1140 g/mol. The number of rotatable bonds is 15. The van der Waals surface area contributed by atoms with Gasteiger partial charge in [0.15, 0.2) is 11.6 Å². The SMILES string of the molecule is Cc1ncsc1-c1ccc(C(C)NC(=O)[C@@H]2C[C@@H](O)CN2C(=O)C(NC(=O)c2cc3cc(OC4CC(NC(=O)[C@H]5CCN(c6ccc(C7=N[C@@H](CC(=O)O)c8nnc(C)n8-c8sc(C)c(C)c87)cc6)C5)C4)ccc3o2)C(C)(C)C)cc1. The largest absolute Gasteiger partial charge is 0.490 e. The van der Waals surface area contributed by atoms with Crippen molar-refractivity contribution in [1.29, 1.82) is 0 Å². The van der Waals surface area contributed by atoms with Gasteiger partial charge in [-0.1, -0.05) is 57.2 Å². The standard InChI is InChI=1S/C60H66N10O9S2/c1-30-33(4)81-59-50(30)51(64-45(26-49(72)73)54-67-66-34(5)70(54)59)36-13-15-41(16-14-36)68-20-19-38(27-68)55(74)63-40-23-44(24-40)78-43-17-18-47-39(21-43)22-48(79-47)57(76)65-53(60(6,7)8)58(77)69-28-42(71)25-46(69)56(75)62-31(2)35-9-11-37(12-10-35)52-32(3)61-29-80-52/h9-18,21-22,29,31,38,40,42,44-46,53,71H,19-20,23-28H2,1-8H3,(H,62,75)(H,63,74)(H,65,76)(H,72,73)/t31?,38-,40?,42+,44?,45-,46-,53?/m0/s1. The van der Waals surface area contributed by atoms with Crippen LogP contribution in [0.25, 0.3) is 26.4 Å². The van der Waals surface area contributed by atoms with Crippen LogP contribution in [0.2, 0.25) is 0 Å². The topological polar surface area (TPSA) is 247 Å². The minimum absolute atomic E-state index is 0.00152. The Morgan fingerprint density at radius 2 is 1.63 bits per heavy atom. The number of carboxylic acids is 1. The monoisotopic (exact) mass is 1130 g/mol. The number of hydrogen-bond acceptors (Lipinski definition) is 15. The smallest absolute Gasteiger partial charge is 0.306 e. The summed E-state index contributed by atoms with van der Waals surface area (Å²) in [7, 11) is 0. The third-order valence-electron chi connectivity index (χ3n) is 16.2. The molecule has 6 atom stereocenters. The molecule has 7 aromatic rings. The van der Waals surface area contributed by atoms with Crippen LogP contribution in [0.5, 0.6) is 5.75 Å². The fourth-order valence-electron chi connectivity index (χ4n) is 11.4. The molecule has 3 fully saturated rings. The zero-order valence-corrected chi connectivity index (χ0v) is 48.1. The van der Waals surface area contributed by atoms with Gasteiger partial charge in [-0.2, -0.15) is 0 Å². The predicted octanol–water partition coefficient (Wildman–Crippen LogP) is 8.34. The number of aliphatic imine (C=N–C) groups is 1. The highest BCUT2D eigenvalue weighted by Crippen LogP contribution is 2.41. The number of ether oxygens (including phenoxy) is 1. The van der Waals surface area contributed by atoms with Gasteiger partial charge in [0.1, 0.15) is 46.4 Å². The van der Waals surface area contributed by atoms with Crippen molar-refractivity contribution in [3.63, 3.8) is 0 Å². The van der Waals surface area contributed by atoms with E-state index in [0.29, 0.717) is 54.2 Å². The Balaban J connectivity index is 0.668. The van der Waals surface area contributed by atoms with Gasteiger partial charge in [0.25, 0.3) is 5.91 Å². The molecule has 1 aliphatic carbocycles. The number of furan rings is 1. The molecule has 4 aromatic heterocycles. The molecule has 19 nitrogen and oxygen atoms in total. The maximum atomic E-state index is 14.4. The quantitative estimate of drug-likeness (QED) is 0.0649. The Kier molecular flexibility index (Phi) is 15.0. The Labute approximate surface area is 476 Å². The lowest BCUT2D eigenvalue weighted by Gasteiger charge is -2.36. The zero-order chi connectivity index (χ0) is 57.2. The van der Waals surface area contributed by atoms with Crippen LogP contribution < -0.4 is 25.6 Å². The van der Waals surface area contributed by atoms with Crippen LogP contribution in [0.3, 0.4) is 0 Å². The van der Waals surface area contributed by atoms with Gasteiger partial charge in [-0.05, 0) is 99.5 Å². The van der Waals surface area contributed by atoms with Crippen molar-refractivity contribution in [3.8, 4) is 21.2 Å². The first-order valence-electron chi connectivity index (χ1n) is 27.5. The predicted molar refractivity (Wildman–Crippen MR) is 308 cm³/mol. The number of hydrogen-bond donors (Lipinski definition) is 5. The molecule has 0 radical (unpaired) electrons. The summed E-state index contributed by atoms with van der Waals surface area (Å²) in [5, 5.41) is 40.0. The number of aliphatic hydroxyl groups excluding tert-OH is 1. The molecular formula is C60H66N10O9S2. The lowest BCUT2D eigenvalue weighted by Crippen LogP contribution is -2.57. The summed E-state index contributed by atoms with van der Waals surface area (Å²) in [5.74, 6) is -0.834. The second-order valence-corrected chi connectivity index (χ2v) is 25.0. The molecule has 3 aromatic carbocycles. The molecular weight excluding hydrogens is 1070 g/mol. The third kappa shape index (κ3) is 11.1. The van der Waals surface area contributed by atoms with Crippen molar-refractivity contribution in [3.05, 3.63) is 129 Å². The fourth-order valence-corrected chi connectivity index (χ4v) is 13.5. The van der Waals surface area contributed by atoms with E-state index in [1.807, 2.05) is 100 Å². The molecule has 2 unspecified atom stereocenters. The van der Waals surface area contributed by atoms with Gasteiger partial charge in [0, 0.05) is 72.0 Å². The van der Waals surface area contributed by atoms with E-state index in [1.165, 1.54) is 4.90 Å². The number of carboxylic acid groups (broad SMARTS) is 1. The summed E-state index contributed by atoms with van der Waals surface area (Å²) >= 11 is 3.19. The molecule has 3 aliphatic heterocycles. The summed E-state index contributed by atoms with van der Waals surface area (Å²) in [6, 6.07) is 19.8. The second-order valence-electron chi connectivity index (χ2n) is 23.0. The molecule has 0 spiro atoms. The van der Waals surface area contributed by atoms with Crippen LogP contribution in [-0.4, -0.2) is 120 Å². The number of thiazole rings is 1. The van der Waals surface area contributed by atoms with E-state index >= 15 is 0 Å². The number of aryl methyl sites for hydroxylation is 3. The van der Waals surface area contributed by atoms with Gasteiger partial charge in [0.05, 0.1) is 46.3 Å². The van der Waals surface area contributed by atoms with Gasteiger partial charge < -0.3 is 45.1 Å². The molecule has 7 heterocycles. The van der Waals surface area contributed by atoms with E-state index in [-0.39, 0.29) is 55.2 Å². The van der Waals surface area contributed by atoms with Gasteiger partial charge >= 0.3 is 5.97 Å². The van der Waals surface area contributed by atoms with Crippen molar-refractivity contribution in [2.75, 3.05) is 24.5 Å². The number of carbonyl (C=O) groups is 5. The zero-order valence-electron chi connectivity index (χ0n) is 46.5. The summed E-state index contributed by atoms with van der Waals surface area (Å²) in [5.41, 5.74) is 8.97. The van der Waals surface area contributed by atoms with Crippen LogP contribution in [0.1, 0.15) is 127 Å². The summed E-state index contributed by atoms with van der Waals surface area (Å²) in [6.07, 6.45) is 0.792. The summed E-state index contributed by atoms with van der Waals surface area (Å²) in [6.45, 7) is 16.6. The van der Waals surface area contributed by atoms with Crippen LogP contribution in [0.4, 0.5) is 5.69 Å². The van der Waals surface area contributed by atoms with Crippen LogP contribution in [-0.2, 0) is 19.2 Å². The Morgan fingerprint density at radius 1 is 0.889 bits per heavy atom. The maximum absolute atomic E-state index is 14.4. The number of likely N-dealkylation sites (tertiary alicyclic amines) is 1. The molecule has 21 heteroatoms. The molecule has 4 amide bonds. The van der Waals surface area contributed by atoms with Gasteiger partial charge in [0.2, 0.25) is 17.7 Å². The molecule has 0 bridgehead atoms. The van der Waals surface area contributed by atoms with Crippen molar-refractivity contribution in [1.82, 2.24) is 40.6 Å². The lowest BCUT2D eigenvalue weighted by atomic mass is 9.85. The summed E-state index contributed by atoms with van der Waals surface area (Å²) < 4.78 is 14.3. The van der Waals surface area contributed by atoms with Crippen molar-refractivity contribution in [2.45, 2.75) is 130 Å². The van der Waals surface area contributed by atoms with Crippen molar-refractivity contribution in [2.24, 2.45) is 16.3 Å².